The number of benzene rings is 2. The molecule has 44 heavy (non-hydrogen) atoms. The topological polar surface area (TPSA) is 98.2 Å². The van der Waals surface area contributed by atoms with Gasteiger partial charge in [-0.2, -0.15) is 0 Å². The summed E-state index contributed by atoms with van der Waals surface area (Å²) in [7, 11) is 0. The number of likely N-dealkylation sites (tertiary alicyclic amines) is 3. The lowest BCUT2D eigenvalue weighted by Crippen LogP contribution is -2.60. The quantitative estimate of drug-likeness (QED) is 0.209. The minimum Gasteiger partial charge on any atom is -0.508 e. The van der Waals surface area contributed by atoms with Crippen LogP contribution >= 0.6 is 39.1 Å². The van der Waals surface area contributed by atoms with Gasteiger partial charge in [-0.15, -0.1) is 23.2 Å². The number of nitrogens with zero attached hydrogens (tertiary/aromatic N) is 3. The molecule has 0 bridgehead atoms. The molecule has 6 atom stereocenters. The third kappa shape index (κ3) is 4.26. The van der Waals surface area contributed by atoms with Gasteiger partial charge in [0.2, 0.25) is 11.8 Å². The van der Waals surface area contributed by atoms with Crippen molar-refractivity contribution in [3.8, 4) is 5.75 Å². The molecular weight excluding hydrogens is 669 g/mol. The Bertz CT molecular complexity index is 1560. The van der Waals surface area contributed by atoms with Gasteiger partial charge in [-0.1, -0.05) is 70.0 Å². The summed E-state index contributed by atoms with van der Waals surface area (Å²) in [4.78, 5) is 57.0. The van der Waals surface area contributed by atoms with E-state index in [1.54, 1.807) is 12.1 Å². The van der Waals surface area contributed by atoms with Gasteiger partial charge >= 0.3 is 0 Å². The fourth-order valence-electron chi connectivity index (χ4n) is 8.36. The molecule has 3 saturated heterocycles. The van der Waals surface area contributed by atoms with E-state index in [0.717, 1.165) is 30.1 Å². The number of rotatable bonds is 5. The number of halogens is 3. The molecule has 0 spiro atoms. The minimum absolute atomic E-state index is 0.0317. The first-order valence-electron chi connectivity index (χ1n) is 15.0. The third-order valence-electron chi connectivity index (χ3n) is 10.4. The van der Waals surface area contributed by atoms with E-state index in [9.17, 15) is 24.3 Å². The van der Waals surface area contributed by atoms with Gasteiger partial charge in [0.1, 0.15) is 5.75 Å². The van der Waals surface area contributed by atoms with E-state index in [2.05, 4.69) is 33.0 Å². The monoisotopic (exact) mass is 699 g/mol. The van der Waals surface area contributed by atoms with E-state index in [-0.39, 0.29) is 35.5 Å². The zero-order chi connectivity index (χ0) is 31.0. The second kappa shape index (κ2) is 11.0. The molecule has 4 amide bonds. The van der Waals surface area contributed by atoms with Crippen LogP contribution in [0.2, 0.25) is 0 Å². The molecule has 1 saturated carbocycles. The molecule has 8 nitrogen and oxygen atoms in total. The van der Waals surface area contributed by atoms with Crippen molar-refractivity contribution in [2.75, 3.05) is 18.5 Å². The number of aromatic hydroxyl groups is 1. The molecule has 3 heterocycles. The fourth-order valence-corrected chi connectivity index (χ4v) is 9.78. The van der Waals surface area contributed by atoms with Crippen LogP contribution in [-0.2, 0) is 25.7 Å². The lowest BCUT2D eigenvalue weighted by molar-refractivity contribution is -0.144. The molecule has 2 aromatic carbocycles. The highest BCUT2D eigenvalue weighted by atomic mass is 79.9. The average molecular weight is 701 g/mol. The zero-order valence-corrected chi connectivity index (χ0v) is 27.0. The molecule has 5 aliphatic rings. The van der Waals surface area contributed by atoms with Crippen molar-refractivity contribution >= 4 is 62.8 Å². The average Bonchev–Trinajstić information content (AvgIpc) is 3.36. The molecular formula is C33H32BrCl2N3O5. The predicted molar refractivity (Wildman–Crippen MR) is 168 cm³/mol. The van der Waals surface area contributed by atoms with Crippen LogP contribution in [0.4, 0.5) is 0 Å². The van der Waals surface area contributed by atoms with E-state index < -0.39 is 45.2 Å². The van der Waals surface area contributed by atoms with Crippen LogP contribution in [0, 0.1) is 17.8 Å². The maximum absolute atomic E-state index is 14.3. The smallest absolute Gasteiger partial charge is 0.254 e. The molecule has 7 rings (SSSR count). The van der Waals surface area contributed by atoms with Gasteiger partial charge in [0, 0.05) is 31.6 Å². The number of carbonyl (C=O) groups excluding carboxylic acids is 4. The van der Waals surface area contributed by atoms with Crippen LogP contribution in [0.15, 0.2) is 66.2 Å². The summed E-state index contributed by atoms with van der Waals surface area (Å²) < 4.78 is 0. The number of hydrogen-bond acceptors (Lipinski definition) is 6. The molecule has 3 aliphatic heterocycles. The summed E-state index contributed by atoms with van der Waals surface area (Å²) in [6, 6.07) is 16.4. The number of piperidine rings is 1. The molecule has 2 aromatic rings. The number of fused-ring (bicyclic) bond motifs is 4. The van der Waals surface area contributed by atoms with Crippen LogP contribution in [0.5, 0.6) is 5.75 Å². The van der Waals surface area contributed by atoms with E-state index in [1.165, 1.54) is 22.6 Å². The Balaban J connectivity index is 1.20. The Morgan fingerprint density at radius 1 is 0.886 bits per heavy atom. The summed E-state index contributed by atoms with van der Waals surface area (Å²) in [5.74, 6) is -4.20. The summed E-state index contributed by atoms with van der Waals surface area (Å²) in [5.41, 5.74) is 2.52. The summed E-state index contributed by atoms with van der Waals surface area (Å²) >= 11 is 17.8. The van der Waals surface area contributed by atoms with Gasteiger partial charge in [0.25, 0.3) is 11.8 Å². The van der Waals surface area contributed by atoms with Gasteiger partial charge < -0.3 is 5.11 Å². The highest BCUT2D eigenvalue weighted by molar-refractivity contribution is 9.09. The van der Waals surface area contributed by atoms with Gasteiger partial charge in [0.15, 0.2) is 9.75 Å². The number of carbonyl (C=O) groups is 4. The maximum Gasteiger partial charge on any atom is 0.254 e. The molecule has 230 valence electrons. The highest BCUT2D eigenvalue weighted by Gasteiger charge is 2.76. The van der Waals surface area contributed by atoms with Crippen molar-refractivity contribution in [2.24, 2.45) is 17.8 Å². The molecule has 2 aliphatic carbocycles. The van der Waals surface area contributed by atoms with Crippen molar-refractivity contribution in [1.29, 1.82) is 0 Å². The van der Waals surface area contributed by atoms with Crippen molar-refractivity contribution in [3.05, 3.63) is 77.4 Å². The van der Waals surface area contributed by atoms with E-state index >= 15 is 0 Å². The standard InChI is InChI=1S/C33H32BrCl2N3O5/c34-18-38-30(43)32(35)16-25-23(27(33(32,36)31(38)44)20-6-8-22(40)9-7-20)10-11-24-26(25)29(42)39(28(24)41)21-12-14-37(15-13-21)17-19-4-2-1-3-5-19/h1-10,21,24-27,40H,11-18H2/t24-,25+,26-,27-,32+,33-/m0/s1. The number of alkyl halides is 3. The first kappa shape index (κ1) is 30.0. The minimum atomic E-state index is -1.84. The Hall–Kier alpha value is -2.72. The van der Waals surface area contributed by atoms with Gasteiger partial charge in [0.05, 0.1) is 17.3 Å². The number of phenols is 1. The number of imide groups is 2. The second-order valence-electron chi connectivity index (χ2n) is 12.6. The molecule has 0 unspecified atom stereocenters. The Kier molecular flexibility index (Phi) is 7.47. The van der Waals surface area contributed by atoms with Crippen LogP contribution in [0.25, 0.3) is 0 Å². The van der Waals surface area contributed by atoms with Crippen molar-refractivity contribution in [1.82, 2.24) is 14.7 Å². The Morgan fingerprint density at radius 2 is 1.57 bits per heavy atom. The summed E-state index contributed by atoms with van der Waals surface area (Å²) in [6.45, 7) is 2.38. The van der Waals surface area contributed by atoms with Crippen LogP contribution in [0.1, 0.15) is 42.7 Å². The van der Waals surface area contributed by atoms with Crippen molar-refractivity contribution < 1.29 is 24.3 Å². The van der Waals surface area contributed by atoms with E-state index in [4.69, 9.17) is 23.2 Å². The summed E-state index contributed by atoms with van der Waals surface area (Å²) in [6.07, 6.45) is 3.64. The van der Waals surface area contributed by atoms with Gasteiger partial charge in [-0.3, -0.25) is 33.9 Å². The van der Waals surface area contributed by atoms with Gasteiger partial charge in [-0.25, -0.2) is 0 Å². The number of phenolic OH excluding ortho intramolecular Hbond substituents is 1. The lowest BCUT2D eigenvalue weighted by Gasteiger charge is -2.50. The number of amides is 4. The summed E-state index contributed by atoms with van der Waals surface area (Å²) in [5, 5.41) is 9.99. The van der Waals surface area contributed by atoms with Crippen molar-refractivity contribution in [2.45, 2.75) is 53.9 Å². The second-order valence-corrected chi connectivity index (χ2v) is 14.4. The van der Waals surface area contributed by atoms with Gasteiger partial charge in [-0.05, 0) is 54.9 Å². The molecule has 1 N–H and O–H groups in total. The molecule has 0 radical (unpaired) electrons. The van der Waals surface area contributed by atoms with Crippen molar-refractivity contribution in [3.63, 3.8) is 0 Å². The first-order valence-corrected chi connectivity index (χ1v) is 16.9. The molecule has 11 heteroatoms. The SMILES string of the molecule is O=C1[C@H]2[C@H](CC=C3[C@H]2C[C@@]2(Cl)C(=O)N(CBr)C(=O)[C@@]2(Cl)[C@H]3c2ccc(O)cc2)C(=O)N1C1CCN(Cc2ccccc2)CC1. The number of allylic oxidation sites excluding steroid dienone is 2. The molecule has 0 aromatic heterocycles. The fraction of sp³-hybridized carbons (Fsp3) is 0.455. The van der Waals surface area contributed by atoms with E-state index in [0.29, 0.717) is 24.8 Å². The Morgan fingerprint density at radius 3 is 2.23 bits per heavy atom. The predicted octanol–water partition coefficient (Wildman–Crippen LogP) is 4.77. The van der Waals surface area contributed by atoms with Crippen LogP contribution in [-0.4, -0.2) is 77.8 Å². The molecule has 4 fully saturated rings. The largest absolute Gasteiger partial charge is 0.508 e. The lowest BCUT2D eigenvalue weighted by atomic mass is 9.56. The highest BCUT2D eigenvalue weighted by Crippen LogP contribution is 2.65. The van der Waals surface area contributed by atoms with Crippen LogP contribution in [0.3, 0.4) is 0 Å². The maximum atomic E-state index is 14.3. The first-order chi connectivity index (χ1) is 21.1. The zero-order valence-electron chi connectivity index (χ0n) is 23.9. The number of hydrogen-bond donors (Lipinski definition) is 1. The van der Waals surface area contributed by atoms with E-state index in [1.807, 2.05) is 24.3 Å². The van der Waals surface area contributed by atoms with Crippen LogP contribution < -0.4 is 0 Å². The normalized spacial score (nSPS) is 34.2. The third-order valence-corrected chi connectivity index (χ3v) is 12.4. The Labute approximate surface area is 274 Å².